The summed E-state index contributed by atoms with van der Waals surface area (Å²) in [7, 11) is 1.34. The van der Waals surface area contributed by atoms with E-state index in [0.717, 1.165) is 16.8 Å². The monoisotopic (exact) mass is 396 g/mol. The molecule has 0 saturated carbocycles. The number of ether oxygens (including phenoxy) is 3. The maximum Gasteiger partial charge on any atom is 0.337 e. The summed E-state index contributed by atoms with van der Waals surface area (Å²) < 4.78 is 16.2. The molecule has 2 aromatic rings. The van der Waals surface area contributed by atoms with Gasteiger partial charge in [0, 0.05) is 22.9 Å². The first-order valence-corrected chi connectivity index (χ1v) is 9.50. The zero-order valence-electron chi connectivity index (χ0n) is 16.8. The van der Waals surface area contributed by atoms with E-state index in [4.69, 9.17) is 14.2 Å². The molecule has 3 rings (SSSR count). The minimum absolute atomic E-state index is 0.0221. The van der Waals surface area contributed by atoms with Gasteiger partial charge in [0.05, 0.1) is 38.1 Å². The van der Waals surface area contributed by atoms with Gasteiger partial charge in [-0.05, 0) is 32.0 Å². The first-order chi connectivity index (χ1) is 14.1. The summed E-state index contributed by atoms with van der Waals surface area (Å²) in [6.07, 6.45) is 0. The van der Waals surface area contributed by atoms with Gasteiger partial charge in [0.2, 0.25) is 0 Å². The average molecular weight is 396 g/mol. The van der Waals surface area contributed by atoms with Crippen molar-refractivity contribution in [3.63, 3.8) is 0 Å². The molecule has 152 valence electrons. The van der Waals surface area contributed by atoms with Crippen molar-refractivity contribution in [3.8, 4) is 11.5 Å². The number of fused-ring (bicyclic) bond motifs is 1. The Morgan fingerprint density at radius 2 is 1.72 bits per heavy atom. The number of ketones is 1. The molecule has 2 aromatic carbocycles. The van der Waals surface area contributed by atoms with E-state index in [1.54, 1.807) is 24.3 Å². The molecule has 0 aromatic heterocycles. The second kappa shape index (κ2) is 9.23. The van der Waals surface area contributed by atoms with Gasteiger partial charge in [-0.15, -0.1) is 0 Å². The molecule has 0 radical (unpaired) electrons. The number of nitrogens with zero attached hydrogens (tertiary/aromatic N) is 1. The molecular formula is C22H24N2O5. The van der Waals surface area contributed by atoms with Gasteiger partial charge in [0.1, 0.15) is 6.54 Å². The molecule has 0 fully saturated rings. The molecule has 1 heterocycles. The molecule has 0 bridgehead atoms. The summed E-state index contributed by atoms with van der Waals surface area (Å²) in [5, 5.41) is 3.18. The Kier molecular flexibility index (Phi) is 6.49. The molecule has 29 heavy (non-hydrogen) atoms. The highest BCUT2D eigenvalue weighted by atomic mass is 16.5. The van der Waals surface area contributed by atoms with Crippen LogP contribution < -0.4 is 14.8 Å². The lowest BCUT2D eigenvalue weighted by Gasteiger charge is -2.20. The Morgan fingerprint density at radius 3 is 2.34 bits per heavy atom. The molecule has 0 spiro atoms. The van der Waals surface area contributed by atoms with Gasteiger partial charge in [-0.25, -0.2) is 4.79 Å². The van der Waals surface area contributed by atoms with Crippen molar-refractivity contribution in [3.05, 3.63) is 53.1 Å². The van der Waals surface area contributed by atoms with Crippen LogP contribution in [0.25, 0.3) is 0 Å². The Balaban J connectivity index is 2.11. The van der Waals surface area contributed by atoms with Crippen molar-refractivity contribution >= 4 is 23.2 Å². The van der Waals surface area contributed by atoms with Crippen LogP contribution in [0.1, 0.15) is 35.3 Å². The molecular weight excluding hydrogens is 372 g/mol. The minimum atomic E-state index is -0.409. The molecule has 1 aliphatic rings. The summed E-state index contributed by atoms with van der Waals surface area (Å²) in [5.74, 6) is 0.786. The smallest absolute Gasteiger partial charge is 0.337 e. The van der Waals surface area contributed by atoms with E-state index in [1.807, 2.05) is 26.0 Å². The number of carbonyl (C=O) groups excluding carboxylic acids is 2. The molecule has 7 nitrogen and oxygen atoms in total. The summed E-state index contributed by atoms with van der Waals surface area (Å²) in [6, 6.07) is 10.6. The predicted molar refractivity (Wildman–Crippen MR) is 111 cm³/mol. The number of nitrogens with one attached hydrogen (secondary N) is 1. The quantitative estimate of drug-likeness (QED) is 0.755. The van der Waals surface area contributed by atoms with Crippen molar-refractivity contribution in [1.82, 2.24) is 0 Å². The zero-order chi connectivity index (χ0) is 20.8. The number of Topliss-reactive ketones (excluding diaryl/α,β-unsaturated/α-hetero) is 1. The van der Waals surface area contributed by atoms with Gasteiger partial charge in [-0.3, -0.25) is 9.79 Å². The number of hydrogen-bond acceptors (Lipinski definition) is 7. The summed E-state index contributed by atoms with van der Waals surface area (Å²) in [4.78, 5) is 28.4. The van der Waals surface area contributed by atoms with Gasteiger partial charge in [-0.2, -0.15) is 0 Å². The van der Waals surface area contributed by atoms with E-state index in [1.165, 1.54) is 7.11 Å². The molecule has 0 amide bonds. The number of anilines is 1. The minimum Gasteiger partial charge on any atom is -0.490 e. The van der Waals surface area contributed by atoms with Crippen LogP contribution in [-0.2, 0) is 9.53 Å². The standard InChI is InChI=1S/C22H24N2O5/c1-4-28-19-10-17-18(11-20(19)29-5-2)23-12-16(25)13-24-21(17)14-6-8-15(9-7-14)22(26)27-3/h6-11,23H,4-5,12-13H2,1-3H3. The Bertz CT molecular complexity index is 935. The fourth-order valence-corrected chi connectivity index (χ4v) is 3.07. The van der Waals surface area contributed by atoms with Gasteiger partial charge >= 0.3 is 5.97 Å². The van der Waals surface area contributed by atoms with Gasteiger partial charge in [-0.1, -0.05) is 12.1 Å². The Labute approximate surface area is 169 Å². The lowest BCUT2D eigenvalue weighted by atomic mass is 9.98. The van der Waals surface area contributed by atoms with Crippen molar-refractivity contribution in [2.75, 3.05) is 38.7 Å². The van der Waals surface area contributed by atoms with E-state index in [2.05, 4.69) is 10.3 Å². The third-order valence-electron chi connectivity index (χ3n) is 4.41. The van der Waals surface area contributed by atoms with Crippen molar-refractivity contribution in [1.29, 1.82) is 0 Å². The molecule has 0 unspecified atom stereocenters. The second-order valence-corrected chi connectivity index (χ2v) is 6.34. The van der Waals surface area contributed by atoms with Crippen LogP contribution in [0.3, 0.4) is 0 Å². The highest BCUT2D eigenvalue weighted by Crippen LogP contribution is 2.35. The number of carbonyl (C=O) groups is 2. The van der Waals surface area contributed by atoms with Crippen LogP contribution in [0, 0.1) is 0 Å². The lowest BCUT2D eigenvalue weighted by Crippen LogP contribution is -2.22. The van der Waals surface area contributed by atoms with Crippen LogP contribution in [-0.4, -0.2) is 50.9 Å². The molecule has 0 saturated heterocycles. The van der Waals surface area contributed by atoms with E-state index < -0.39 is 5.97 Å². The number of benzene rings is 2. The number of hydrogen-bond donors (Lipinski definition) is 1. The summed E-state index contributed by atoms with van der Waals surface area (Å²) in [6.45, 7) is 5.05. The van der Waals surface area contributed by atoms with E-state index >= 15 is 0 Å². The zero-order valence-corrected chi connectivity index (χ0v) is 16.8. The number of aliphatic imine (C=N–C) groups is 1. The number of rotatable bonds is 6. The SMILES string of the molecule is CCOc1cc2c(cc1OCC)C(c1ccc(C(=O)OC)cc1)=NCC(=O)CN2. The third kappa shape index (κ3) is 4.56. The molecule has 1 aliphatic heterocycles. The summed E-state index contributed by atoms with van der Waals surface area (Å²) >= 11 is 0. The topological polar surface area (TPSA) is 86.2 Å². The first kappa shape index (κ1) is 20.4. The van der Waals surface area contributed by atoms with Gasteiger partial charge in [0.15, 0.2) is 17.3 Å². The summed E-state index contributed by atoms with van der Waals surface area (Å²) in [5.41, 5.74) is 3.40. The number of esters is 1. The lowest BCUT2D eigenvalue weighted by molar-refractivity contribution is -0.116. The largest absolute Gasteiger partial charge is 0.490 e. The van der Waals surface area contributed by atoms with Gasteiger partial charge < -0.3 is 19.5 Å². The van der Waals surface area contributed by atoms with E-state index in [0.29, 0.717) is 36.0 Å². The molecule has 1 N–H and O–H groups in total. The second-order valence-electron chi connectivity index (χ2n) is 6.34. The van der Waals surface area contributed by atoms with Crippen LogP contribution >= 0.6 is 0 Å². The molecule has 0 aliphatic carbocycles. The van der Waals surface area contributed by atoms with E-state index in [-0.39, 0.29) is 18.9 Å². The fraction of sp³-hybridized carbons (Fsp3) is 0.318. The maximum absolute atomic E-state index is 12.1. The highest BCUT2D eigenvalue weighted by Gasteiger charge is 2.20. The van der Waals surface area contributed by atoms with Crippen molar-refractivity contribution < 1.29 is 23.8 Å². The Morgan fingerprint density at radius 1 is 1.07 bits per heavy atom. The normalized spacial score (nSPS) is 13.3. The maximum atomic E-state index is 12.1. The van der Waals surface area contributed by atoms with Gasteiger partial charge in [0.25, 0.3) is 0 Å². The number of methoxy groups -OCH3 is 1. The predicted octanol–water partition coefficient (Wildman–Crippen LogP) is 3.10. The van der Waals surface area contributed by atoms with Crippen LogP contribution in [0.4, 0.5) is 5.69 Å². The van der Waals surface area contributed by atoms with Crippen molar-refractivity contribution in [2.24, 2.45) is 4.99 Å². The van der Waals surface area contributed by atoms with Crippen LogP contribution in [0.2, 0.25) is 0 Å². The van der Waals surface area contributed by atoms with Crippen molar-refractivity contribution in [2.45, 2.75) is 13.8 Å². The van der Waals surface area contributed by atoms with E-state index in [9.17, 15) is 9.59 Å². The Hall–Kier alpha value is -3.35. The fourth-order valence-electron chi connectivity index (χ4n) is 3.07. The van der Waals surface area contributed by atoms with Crippen LogP contribution in [0.5, 0.6) is 11.5 Å². The average Bonchev–Trinajstić information content (AvgIpc) is 2.73. The molecule has 0 atom stereocenters. The third-order valence-corrected chi connectivity index (χ3v) is 4.41. The first-order valence-electron chi connectivity index (χ1n) is 9.50. The van der Waals surface area contributed by atoms with Crippen LogP contribution in [0.15, 0.2) is 41.4 Å². The highest BCUT2D eigenvalue weighted by molar-refractivity contribution is 6.17. The molecule has 7 heteroatoms.